The fraction of sp³-hybridized carbons (Fsp3) is 0. The maximum Gasteiger partial charge on any atom is 0.264 e. The molecule has 0 aliphatic carbocycles. The molecule has 0 aliphatic heterocycles. The van der Waals surface area contributed by atoms with Crippen molar-refractivity contribution in [2.45, 2.75) is 0 Å². The lowest BCUT2D eigenvalue weighted by molar-refractivity contribution is 1.01. The Hall–Kier alpha value is -3.17. The number of hydrogen-bond donors (Lipinski definition) is 0. The number of halogens is 3. The number of allylic oxidation sites excluding steroid dienone is 1. The van der Waals surface area contributed by atoms with E-state index in [1.807, 2.05) is 6.07 Å². The predicted molar refractivity (Wildman–Crippen MR) is 120 cm³/mol. The number of rotatable bonds is 3. The van der Waals surface area contributed by atoms with Gasteiger partial charge in [0.15, 0.2) is 0 Å². The monoisotopic (exact) mass is 452 g/mol. The minimum atomic E-state index is -0.366. The van der Waals surface area contributed by atoms with Gasteiger partial charge in [0.25, 0.3) is 5.56 Å². The summed E-state index contributed by atoms with van der Waals surface area (Å²) in [5.74, 6) is 0. The molecule has 0 aliphatic rings. The van der Waals surface area contributed by atoms with E-state index in [1.165, 1.54) is 16.8 Å². The van der Waals surface area contributed by atoms with Gasteiger partial charge < -0.3 is 0 Å². The lowest BCUT2D eigenvalue weighted by atomic mass is 10.1. The van der Waals surface area contributed by atoms with Gasteiger partial charge >= 0.3 is 0 Å². The smallest absolute Gasteiger partial charge is 0.264 e. The zero-order valence-corrected chi connectivity index (χ0v) is 17.4. The van der Waals surface area contributed by atoms with Gasteiger partial charge in [0, 0.05) is 39.0 Å². The molecule has 4 rings (SSSR count). The second kappa shape index (κ2) is 8.29. The fourth-order valence-corrected chi connectivity index (χ4v) is 3.67. The molecule has 3 heterocycles. The number of aromatic nitrogens is 3. The first-order chi connectivity index (χ1) is 14.5. The molecule has 0 unspecified atom stereocenters. The normalized spacial score (nSPS) is 11.5. The lowest BCUT2D eigenvalue weighted by Crippen LogP contribution is -2.21. The number of benzene rings is 1. The number of nitriles is 1. The highest BCUT2D eigenvalue weighted by Gasteiger charge is 2.13. The Balaban J connectivity index is 2.00. The van der Waals surface area contributed by atoms with Gasteiger partial charge in [-0.05, 0) is 54.6 Å². The van der Waals surface area contributed by atoms with Gasteiger partial charge in [-0.2, -0.15) is 5.26 Å². The number of fused-ring (bicyclic) bond motifs is 1. The second-order valence-corrected chi connectivity index (χ2v) is 7.58. The van der Waals surface area contributed by atoms with Crippen LogP contribution in [0.25, 0.3) is 28.4 Å². The summed E-state index contributed by atoms with van der Waals surface area (Å²) in [6, 6.07) is 15.5. The summed E-state index contributed by atoms with van der Waals surface area (Å²) < 4.78 is 1.42. The summed E-state index contributed by atoms with van der Waals surface area (Å²) in [5, 5.41) is 11.4. The van der Waals surface area contributed by atoms with Crippen LogP contribution in [0, 0.1) is 11.3 Å². The van der Waals surface area contributed by atoms with E-state index in [0.29, 0.717) is 43.0 Å². The summed E-state index contributed by atoms with van der Waals surface area (Å²) in [6.45, 7) is 0. The molecule has 1 aromatic carbocycles. The molecule has 3 aromatic heterocycles. The maximum absolute atomic E-state index is 13.4. The molecular formula is C22H11Cl3N4O. The maximum atomic E-state index is 13.4. The first-order valence-corrected chi connectivity index (χ1v) is 9.80. The van der Waals surface area contributed by atoms with Crippen LogP contribution in [0.15, 0.2) is 65.7 Å². The molecule has 0 amide bonds. The highest BCUT2D eigenvalue weighted by molar-refractivity contribution is 6.34. The molecule has 30 heavy (non-hydrogen) atoms. The van der Waals surface area contributed by atoms with E-state index in [-0.39, 0.29) is 11.1 Å². The summed E-state index contributed by atoms with van der Waals surface area (Å²) >= 11 is 18.1. The van der Waals surface area contributed by atoms with Crippen LogP contribution in [0.2, 0.25) is 15.2 Å². The standard InChI is InChI=1S/C22H11Cl3N4O/c23-17-8-18(24)10-19(9-17)29-21-13(2-1-5-27-21)6-15(22(29)30)7-16(11-26)14-3-4-20(25)28-12-14/h1-10,12H. The van der Waals surface area contributed by atoms with E-state index in [2.05, 4.69) is 16.0 Å². The van der Waals surface area contributed by atoms with Crippen molar-refractivity contribution in [1.29, 1.82) is 5.26 Å². The van der Waals surface area contributed by atoms with Crippen molar-refractivity contribution in [3.8, 4) is 11.8 Å². The molecule has 0 saturated carbocycles. The highest BCUT2D eigenvalue weighted by atomic mass is 35.5. The summed E-state index contributed by atoms with van der Waals surface area (Å²) in [4.78, 5) is 21.7. The Bertz CT molecular complexity index is 1380. The van der Waals surface area contributed by atoms with Crippen LogP contribution in [-0.4, -0.2) is 14.5 Å². The molecule has 0 fully saturated rings. The van der Waals surface area contributed by atoms with Gasteiger partial charge in [-0.3, -0.25) is 9.36 Å². The molecule has 0 atom stereocenters. The van der Waals surface area contributed by atoms with Crippen LogP contribution in [0.1, 0.15) is 11.1 Å². The predicted octanol–water partition coefficient (Wildman–Crippen LogP) is 5.81. The van der Waals surface area contributed by atoms with Gasteiger partial charge in [-0.15, -0.1) is 0 Å². The average Bonchev–Trinajstić information content (AvgIpc) is 2.72. The van der Waals surface area contributed by atoms with E-state index in [1.54, 1.807) is 48.7 Å². The summed E-state index contributed by atoms with van der Waals surface area (Å²) in [6.07, 6.45) is 4.59. The molecule has 4 aromatic rings. The Morgan fingerprint density at radius 3 is 2.47 bits per heavy atom. The van der Waals surface area contributed by atoms with E-state index >= 15 is 0 Å². The summed E-state index contributed by atoms with van der Waals surface area (Å²) in [7, 11) is 0. The van der Waals surface area contributed by atoms with Crippen LogP contribution in [0.5, 0.6) is 0 Å². The van der Waals surface area contributed by atoms with Crippen LogP contribution in [-0.2, 0) is 0 Å². The molecule has 0 radical (unpaired) electrons. The van der Waals surface area contributed by atoms with Gasteiger partial charge in [-0.1, -0.05) is 34.8 Å². The van der Waals surface area contributed by atoms with E-state index < -0.39 is 0 Å². The second-order valence-electron chi connectivity index (χ2n) is 6.32. The van der Waals surface area contributed by atoms with Gasteiger partial charge in [-0.25, -0.2) is 9.97 Å². The van der Waals surface area contributed by atoms with Gasteiger partial charge in [0.1, 0.15) is 10.8 Å². The van der Waals surface area contributed by atoms with Crippen molar-refractivity contribution in [2.75, 3.05) is 0 Å². The summed E-state index contributed by atoms with van der Waals surface area (Å²) in [5.41, 5.74) is 1.68. The first-order valence-electron chi connectivity index (χ1n) is 8.67. The van der Waals surface area contributed by atoms with Crippen molar-refractivity contribution in [2.24, 2.45) is 0 Å². The Morgan fingerprint density at radius 2 is 1.80 bits per heavy atom. The largest absolute Gasteiger partial charge is 0.268 e. The molecular weight excluding hydrogens is 443 g/mol. The number of pyridine rings is 3. The van der Waals surface area contributed by atoms with Crippen LogP contribution in [0.3, 0.4) is 0 Å². The van der Waals surface area contributed by atoms with Gasteiger partial charge in [0.05, 0.1) is 17.3 Å². The van der Waals surface area contributed by atoms with E-state index in [0.717, 1.165) is 0 Å². The first kappa shape index (κ1) is 20.1. The fourth-order valence-electron chi connectivity index (χ4n) is 3.05. The van der Waals surface area contributed by atoms with Crippen LogP contribution >= 0.6 is 34.8 Å². The number of nitrogens with zero attached hydrogens (tertiary/aromatic N) is 4. The van der Waals surface area contributed by atoms with E-state index in [4.69, 9.17) is 34.8 Å². The van der Waals surface area contributed by atoms with Crippen molar-refractivity contribution >= 4 is 57.5 Å². The van der Waals surface area contributed by atoms with E-state index in [9.17, 15) is 10.1 Å². The molecule has 5 nitrogen and oxygen atoms in total. The van der Waals surface area contributed by atoms with Crippen LogP contribution < -0.4 is 5.56 Å². The molecule has 0 spiro atoms. The van der Waals surface area contributed by atoms with Crippen molar-refractivity contribution < 1.29 is 0 Å². The number of hydrogen-bond acceptors (Lipinski definition) is 4. The molecule has 0 saturated heterocycles. The molecule has 8 heteroatoms. The van der Waals surface area contributed by atoms with Crippen molar-refractivity contribution in [1.82, 2.24) is 14.5 Å². The Kier molecular flexibility index (Phi) is 5.56. The zero-order valence-electron chi connectivity index (χ0n) is 15.2. The average molecular weight is 454 g/mol. The third-order valence-corrected chi connectivity index (χ3v) is 5.01. The molecule has 0 bridgehead atoms. The van der Waals surface area contributed by atoms with Crippen molar-refractivity contribution in [3.05, 3.63) is 97.6 Å². The third-order valence-electron chi connectivity index (χ3n) is 4.35. The SMILES string of the molecule is N#CC(=Cc1cc2cccnc2n(-c2cc(Cl)cc(Cl)c2)c1=O)c1ccc(Cl)nc1. The highest BCUT2D eigenvalue weighted by Crippen LogP contribution is 2.25. The zero-order chi connectivity index (χ0) is 21.3. The Morgan fingerprint density at radius 1 is 1.03 bits per heavy atom. The minimum Gasteiger partial charge on any atom is -0.268 e. The Labute approximate surface area is 186 Å². The minimum absolute atomic E-state index is 0.273. The lowest BCUT2D eigenvalue weighted by Gasteiger charge is -2.12. The van der Waals surface area contributed by atoms with Crippen LogP contribution in [0.4, 0.5) is 0 Å². The molecule has 146 valence electrons. The van der Waals surface area contributed by atoms with Gasteiger partial charge in [0.2, 0.25) is 0 Å². The quantitative estimate of drug-likeness (QED) is 0.290. The topological polar surface area (TPSA) is 71.6 Å². The molecule has 0 N–H and O–H groups in total. The van der Waals surface area contributed by atoms with Crippen molar-refractivity contribution in [3.63, 3.8) is 0 Å². The third kappa shape index (κ3) is 3.94.